The Hall–Kier alpha value is -1.40. The van der Waals surface area contributed by atoms with Crippen molar-refractivity contribution in [1.29, 1.82) is 0 Å². The third kappa shape index (κ3) is 3.28. The molecule has 1 rings (SSSR count). The van der Waals surface area contributed by atoms with E-state index in [4.69, 9.17) is 11.5 Å². The zero-order valence-electron chi connectivity index (χ0n) is 10.1. The number of carbonyl (C=O) groups excluding carboxylic acids is 2. The lowest BCUT2D eigenvalue weighted by atomic mass is 9.87. The highest BCUT2D eigenvalue weighted by Crippen LogP contribution is 2.24. The van der Waals surface area contributed by atoms with Crippen molar-refractivity contribution in [1.82, 2.24) is 0 Å². The first-order valence-corrected chi connectivity index (χ1v) is 6.05. The van der Waals surface area contributed by atoms with Gasteiger partial charge in [-0.2, -0.15) is 0 Å². The van der Waals surface area contributed by atoms with Crippen LogP contribution in [0.4, 0.5) is 5.00 Å². The van der Waals surface area contributed by atoms with E-state index in [9.17, 15) is 9.59 Å². The first-order chi connectivity index (χ1) is 7.73. The monoisotopic (exact) mass is 255 g/mol. The lowest BCUT2D eigenvalue weighted by molar-refractivity contribution is -0.119. The Bertz CT molecular complexity index is 434. The van der Waals surface area contributed by atoms with E-state index in [2.05, 4.69) is 5.32 Å². The largest absolute Gasteiger partial charge is 0.366 e. The van der Waals surface area contributed by atoms with Crippen molar-refractivity contribution in [2.75, 3.05) is 5.32 Å². The molecule has 5 N–H and O–H groups in total. The predicted molar refractivity (Wildman–Crippen MR) is 68.9 cm³/mol. The minimum Gasteiger partial charge on any atom is -0.366 e. The van der Waals surface area contributed by atoms with Crippen molar-refractivity contribution >= 4 is 28.2 Å². The maximum absolute atomic E-state index is 11.9. The van der Waals surface area contributed by atoms with E-state index in [0.29, 0.717) is 10.6 Å². The molecule has 2 amide bonds. The molecule has 0 aliphatic heterocycles. The number of anilines is 1. The average molecular weight is 255 g/mol. The Balaban J connectivity index is 2.82. The van der Waals surface area contributed by atoms with Crippen LogP contribution in [0.3, 0.4) is 0 Å². The fraction of sp³-hybridized carbons (Fsp3) is 0.455. The van der Waals surface area contributed by atoms with Crippen LogP contribution in [0.15, 0.2) is 11.4 Å². The number of hydrogen-bond donors (Lipinski definition) is 3. The van der Waals surface area contributed by atoms with Crippen LogP contribution >= 0.6 is 11.3 Å². The van der Waals surface area contributed by atoms with Gasteiger partial charge in [-0.25, -0.2) is 0 Å². The summed E-state index contributed by atoms with van der Waals surface area (Å²) in [5, 5.41) is 4.77. The van der Waals surface area contributed by atoms with Gasteiger partial charge in [-0.1, -0.05) is 20.8 Å². The molecule has 0 aromatic carbocycles. The van der Waals surface area contributed by atoms with Crippen molar-refractivity contribution < 1.29 is 9.59 Å². The van der Waals surface area contributed by atoms with Crippen LogP contribution in [0.1, 0.15) is 31.1 Å². The normalized spacial score (nSPS) is 13.2. The lowest BCUT2D eigenvalue weighted by Gasteiger charge is -2.25. The third-order valence-corrected chi connectivity index (χ3v) is 3.21. The second-order valence-corrected chi connectivity index (χ2v) is 5.78. The second-order valence-electron chi connectivity index (χ2n) is 4.86. The first kappa shape index (κ1) is 13.7. The molecule has 1 heterocycles. The van der Waals surface area contributed by atoms with E-state index in [1.54, 1.807) is 11.4 Å². The second kappa shape index (κ2) is 4.85. The summed E-state index contributed by atoms with van der Waals surface area (Å²) in [5.41, 5.74) is 11.0. The van der Waals surface area contributed by atoms with Gasteiger partial charge >= 0.3 is 0 Å². The van der Waals surface area contributed by atoms with E-state index in [1.807, 2.05) is 20.8 Å². The van der Waals surface area contributed by atoms with Crippen molar-refractivity contribution in [2.45, 2.75) is 26.8 Å². The number of rotatable bonds is 3. The summed E-state index contributed by atoms with van der Waals surface area (Å²) < 4.78 is 0. The van der Waals surface area contributed by atoms with Crippen LogP contribution in [0.25, 0.3) is 0 Å². The van der Waals surface area contributed by atoms with E-state index in [-0.39, 0.29) is 11.3 Å². The van der Waals surface area contributed by atoms with E-state index in [0.717, 1.165) is 0 Å². The number of thiophene rings is 1. The molecule has 1 atom stereocenters. The van der Waals surface area contributed by atoms with Crippen molar-refractivity contribution in [2.24, 2.45) is 16.9 Å². The highest BCUT2D eigenvalue weighted by atomic mass is 32.1. The van der Waals surface area contributed by atoms with Crippen LogP contribution in [-0.2, 0) is 4.79 Å². The standard InChI is InChI=1S/C11H17N3O2S/c1-11(2,3)7(12)9(16)14-10-6(8(13)15)4-5-17-10/h4-5,7H,12H2,1-3H3,(H2,13,15)(H,14,16)/t7-/m1/s1. The van der Waals surface area contributed by atoms with Gasteiger partial charge in [0, 0.05) is 0 Å². The van der Waals surface area contributed by atoms with E-state index < -0.39 is 11.9 Å². The number of amides is 2. The molecule has 0 spiro atoms. The summed E-state index contributed by atoms with van der Waals surface area (Å²) in [6.07, 6.45) is 0. The van der Waals surface area contributed by atoms with Gasteiger partial charge in [0.1, 0.15) is 5.00 Å². The Kier molecular flexibility index (Phi) is 3.90. The third-order valence-electron chi connectivity index (χ3n) is 2.38. The smallest absolute Gasteiger partial charge is 0.251 e. The topological polar surface area (TPSA) is 98.2 Å². The number of nitrogens with two attached hydrogens (primary N) is 2. The van der Waals surface area contributed by atoms with Crippen molar-refractivity contribution in [3.05, 3.63) is 17.0 Å². The zero-order valence-corrected chi connectivity index (χ0v) is 10.9. The first-order valence-electron chi connectivity index (χ1n) is 5.17. The van der Waals surface area contributed by atoms with E-state index >= 15 is 0 Å². The van der Waals surface area contributed by atoms with Crippen molar-refractivity contribution in [3.8, 4) is 0 Å². The summed E-state index contributed by atoms with van der Waals surface area (Å²) in [6.45, 7) is 5.63. The van der Waals surface area contributed by atoms with Crippen LogP contribution in [0, 0.1) is 5.41 Å². The number of nitrogens with one attached hydrogen (secondary N) is 1. The Morgan fingerprint density at radius 2 is 2.00 bits per heavy atom. The zero-order chi connectivity index (χ0) is 13.2. The highest BCUT2D eigenvalue weighted by molar-refractivity contribution is 7.14. The van der Waals surface area contributed by atoms with Gasteiger partial charge in [-0.3, -0.25) is 9.59 Å². The molecule has 1 aromatic heterocycles. The molecule has 94 valence electrons. The highest BCUT2D eigenvalue weighted by Gasteiger charge is 2.28. The Morgan fingerprint density at radius 1 is 1.41 bits per heavy atom. The summed E-state index contributed by atoms with van der Waals surface area (Å²) in [5.74, 6) is -0.881. The minimum atomic E-state index is -0.648. The van der Waals surface area contributed by atoms with Gasteiger partial charge in [0.15, 0.2) is 0 Å². The molecule has 0 saturated heterocycles. The minimum absolute atomic E-state index is 0.310. The summed E-state index contributed by atoms with van der Waals surface area (Å²) >= 11 is 1.25. The Morgan fingerprint density at radius 3 is 2.47 bits per heavy atom. The molecule has 6 heteroatoms. The van der Waals surface area contributed by atoms with Crippen molar-refractivity contribution in [3.63, 3.8) is 0 Å². The van der Waals surface area contributed by atoms with Crippen LogP contribution in [0.2, 0.25) is 0 Å². The van der Waals surface area contributed by atoms with Gasteiger partial charge in [0.2, 0.25) is 5.91 Å². The molecular weight excluding hydrogens is 238 g/mol. The molecule has 0 bridgehead atoms. The van der Waals surface area contributed by atoms with Crippen LogP contribution in [-0.4, -0.2) is 17.9 Å². The fourth-order valence-electron chi connectivity index (χ4n) is 1.18. The quantitative estimate of drug-likeness (QED) is 0.755. The SMILES string of the molecule is CC(C)(C)[C@H](N)C(=O)Nc1sccc1C(N)=O. The van der Waals surface area contributed by atoms with Gasteiger partial charge in [-0.05, 0) is 16.9 Å². The molecule has 0 radical (unpaired) electrons. The molecular formula is C11H17N3O2S. The molecule has 17 heavy (non-hydrogen) atoms. The van der Waals surface area contributed by atoms with Gasteiger partial charge in [-0.15, -0.1) is 11.3 Å². The number of primary amides is 1. The molecule has 0 aliphatic rings. The molecule has 0 saturated carbocycles. The van der Waals surface area contributed by atoms with Gasteiger partial charge < -0.3 is 16.8 Å². The van der Waals surface area contributed by atoms with Crippen LogP contribution in [0.5, 0.6) is 0 Å². The van der Waals surface area contributed by atoms with Crippen LogP contribution < -0.4 is 16.8 Å². The fourth-order valence-corrected chi connectivity index (χ4v) is 1.98. The lowest BCUT2D eigenvalue weighted by Crippen LogP contribution is -2.45. The molecule has 0 fully saturated rings. The average Bonchev–Trinajstić information content (AvgIpc) is 2.63. The molecule has 1 aromatic rings. The van der Waals surface area contributed by atoms with E-state index in [1.165, 1.54) is 11.3 Å². The summed E-state index contributed by atoms with van der Waals surface area (Å²) in [4.78, 5) is 22.9. The van der Waals surface area contributed by atoms with Gasteiger partial charge in [0.25, 0.3) is 5.91 Å². The maximum Gasteiger partial charge on any atom is 0.251 e. The van der Waals surface area contributed by atoms with Gasteiger partial charge in [0.05, 0.1) is 11.6 Å². The summed E-state index contributed by atoms with van der Waals surface area (Å²) in [7, 11) is 0. The number of carbonyl (C=O) groups is 2. The predicted octanol–water partition coefficient (Wildman–Crippen LogP) is 1.16. The molecule has 0 unspecified atom stereocenters. The molecule has 0 aliphatic carbocycles. The summed E-state index contributed by atoms with van der Waals surface area (Å²) in [6, 6.07) is 0.927. The molecule has 5 nitrogen and oxygen atoms in total. The Labute approximate surface area is 104 Å². The number of hydrogen-bond acceptors (Lipinski definition) is 4. The maximum atomic E-state index is 11.9.